The van der Waals surface area contributed by atoms with Crippen molar-refractivity contribution in [1.82, 2.24) is 40.2 Å². The zero-order valence-electron chi connectivity index (χ0n) is 36.3. The first-order valence-electron chi connectivity index (χ1n) is 20.4. The summed E-state index contributed by atoms with van der Waals surface area (Å²) in [4.78, 5) is 35.2. The van der Waals surface area contributed by atoms with Crippen LogP contribution in [0.2, 0.25) is 0 Å². The van der Waals surface area contributed by atoms with E-state index < -0.39 is 12.3 Å². The normalized spacial score (nSPS) is 14.8. The average molecular weight is 837 g/mol. The van der Waals surface area contributed by atoms with Crippen LogP contribution in [0.3, 0.4) is 0 Å². The van der Waals surface area contributed by atoms with Gasteiger partial charge < -0.3 is 20.1 Å². The molecule has 322 valence electrons. The zero-order valence-corrected chi connectivity index (χ0v) is 36.3. The van der Waals surface area contributed by atoms with Crippen molar-refractivity contribution in [3.63, 3.8) is 0 Å². The van der Waals surface area contributed by atoms with Crippen LogP contribution in [0.1, 0.15) is 111 Å². The molecule has 0 radical (unpaired) electrons. The first-order chi connectivity index (χ1) is 29.3. The molecule has 2 aliphatic rings. The third-order valence-corrected chi connectivity index (χ3v) is 10.4. The van der Waals surface area contributed by atoms with Crippen LogP contribution >= 0.6 is 0 Å². The maximum absolute atomic E-state index is 12.7. The summed E-state index contributed by atoms with van der Waals surface area (Å²) < 4.78 is 14.9. The second-order valence-electron chi connectivity index (χ2n) is 16.0. The minimum absolute atomic E-state index is 0. The van der Waals surface area contributed by atoms with Gasteiger partial charge >= 0.3 is 0 Å². The molecule has 14 nitrogen and oxygen atoms in total. The second kappa shape index (κ2) is 18.8. The Bertz CT molecular complexity index is 2640. The summed E-state index contributed by atoms with van der Waals surface area (Å²) in [5.74, 6) is 3.98. The molecule has 14 heteroatoms. The number of carbonyl (C=O) groups excluding carboxylic acids is 2. The summed E-state index contributed by atoms with van der Waals surface area (Å²) in [5, 5.41) is 23.3. The van der Waals surface area contributed by atoms with Crippen molar-refractivity contribution < 1.29 is 19.1 Å². The van der Waals surface area contributed by atoms with E-state index in [1.165, 1.54) is 5.56 Å². The number of aromatic nitrogens is 6. The molecular weight excluding hydrogens is 781 g/mol. The molecule has 62 heavy (non-hydrogen) atoms. The van der Waals surface area contributed by atoms with Gasteiger partial charge in [0, 0.05) is 34.6 Å². The molecule has 0 fully saturated rings. The summed E-state index contributed by atoms with van der Waals surface area (Å²) in [6, 6.07) is 28.1. The van der Waals surface area contributed by atoms with Crippen LogP contribution < -0.4 is 20.1 Å². The average Bonchev–Trinajstić information content (AvgIpc) is 3.74. The largest absolute Gasteiger partial charge is 0.497 e. The smallest absolute Gasteiger partial charge is 0.224 e. The Hall–Kier alpha value is -6.96. The van der Waals surface area contributed by atoms with Crippen LogP contribution in [0.5, 0.6) is 11.5 Å². The van der Waals surface area contributed by atoms with Gasteiger partial charge in [-0.1, -0.05) is 94.8 Å². The predicted molar refractivity (Wildman–Crippen MR) is 242 cm³/mol. The van der Waals surface area contributed by atoms with Crippen molar-refractivity contribution in [1.29, 1.82) is 0 Å². The van der Waals surface area contributed by atoms with E-state index in [1.54, 1.807) is 14.2 Å². The number of aliphatic imine (C=N–C) groups is 2. The molecule has 2 amide bonds. The molecule has 0 saturated heterocycles. The summed E-state index contributed by atoms with van der Waals surface area (Å²) in [6.07, 6.45) is -0.891. The highest BCUT2D eigenvalue weighted by Gasteiger charge is 2.31. The summed E-state index contributed by atoms with van der Waals surface area (Å²) in [6.45, 7) is 15.6. The number of carbonyl (C=O) groups is 2. The van der Waals surface area contributed by atoms with Crippen LogP contribution in [0.4, 0.5) is 0 Å². The molecule has 4 heterocycles. The predicted octanol–water partition coefficient (Wildman–Crippen LogP) is 8.06. The van der Waals surface area contributed by atoms with Crippen molar-refractivity contribution in [2.45, 2.75) is 81.6 Å². The van der Waals surface area contributed by atoms with Gasteiger partial charge in [-0.25, -0.2) is 0 Å². The molecule has 0 bridgehead atoms. The van der Waals surface area contributed by atoms with Crippen LogP contribution in [0, 0.1) is 39.5 Å². The van der Waals surface area contributed by atoms with Crippen molar-refractivity contribution in [3.05, 3.63) is 142 Å². The maximum Gasteiger partial charge on any atom is 0.224 e. The van der Waals surface area contributed by atoms with E-state index in [9.17, 15) is 9.59 Å². The van der Waals surface area contributed by atoms with Crippen molar-refractivity contribution in [2.24, 2.45) is 21.8 Å². The Morgan fingerprint density at radius 3 is 1.42 bits per heavy atom. The molecule has 0 saturated carbocycles. The quantitative estimate of drug-likeness (QED) is 0.148. The molecule has 0 spiro atoms. The minimum Gasteiger partial charge on any atom is -0.497 e. The number of methoxy groups -OCH3 is 2. The van der Waals surface area contributed by atoms with Crippen molar-refractivity contribution >= 4 is 23.2 Å². The molecule has 4 aromatic carbocycles. The van der Waals surface area contributed by atoms with Gasteiger partial charge in [0.25, 0.3) is 0 Å². The van der Waals surface area contributed by atoms with Gasteiger partial charge in [-0.2, -0.15) is 0 Å². The Morgan fingerprint density at radius 2 is 1.03 bits per heavy atom. The van der Waals surface area contributed by atoms with Gasteiger partial charge in [-0.05, 0) is 70.0 Å². The fraction of sp³-hybridized carbons (Fsp3) is 0.333. The highest BCUT2D eigenvalue weighted by atomic mass is 16.5. The SMILES string of the molecule is C.COc1ccc2c(c1)C(c1ccc(C)cc1)=N[C@@H](NC(=O)C(C)C)c1nnc(C)n1-2.COc1ccc2c(c1)C(c1ccc(C)cc1)=N[C@@H](NC(=O)CC(C)C)c1nnc(C)n1-2. The van der Waals surface area contributed by atoms with E-state index in [0.717, 1.165) is 73.8 Å². The Kier molecular flexibility index (Phi) is 13.5. The van der Waals surface area contributed by atoms with E-state index in [2.05, 4.69) is 62.2 Å². The molecule has 6 aromatic rings. The first kappa shape index (κ1) is 44.6. The summed E-state index contributed by atoms with van der Waals surface area (Å²) >= 11 is 0. The molecule has 2 aliphatic heterocycles. The van der Waals surface area contributed by atoms with Crippen LogP contribution in [-0.4, -0.2) is 67.0 Å². The van der Waals surface area contributed by atoms with E-state index in [0.29, 0.717) is 18.1 Å². The zero-order chi connectivity index (χ0) is 43.5. The number of ether oxygens (including phenoxy) is 2. The lowest BCUT2D eigenvalue weighted by atomic mass is 9.99. The number of hydrogen-bond donors (Lipinski definition) is 2. The highest BCUT2D eigenvalue weighted by molar-refractivity contribution is 6.16. The molecule has 0 unspecified atom stereocenters. The van der Waals surface area contributed by atoms with E-state index in [1.807, 2.05) is 118 Å². The van der Waals surface area contributed by atoms with E-state index in [-0.39, 0.29) is 31.1 Å². The minimum atomic E-state index is -0.657. The number of benzene rings is 4. The fourth-order valence-electron chi connectivity index (χ4n) is 7.23. The summed E-state index contributed by atoms with van der Waals surface area (Å²) in [5.41, 5.74) is 9.37. The fourth-order valence-corrected chi connectivity index (χ4v) is 7.23. The topological polar surface area (TPSA) is 163 Å². The maximum atomic E-state index is 12.7. The Morgan fingerprint density at radius 1 is 0.613 bits per heavy atom. The molecule has 0 aliphatic carbocycles. The first-order valence-corrected chi connectivity index (χ1v) is 20.4. The number of nitrogens with one attached hydrogen (secondary N) is 2. The molecule has 8 rings (SSSR count). The number of rotatable bonds is 9. The number of fused-ring (bicyclic) bond motifs is 6. The van der Waals surface area contributed by atoms with Gasteiger partial charge in [0.05, 0.1) is 37.0 Å². The molecular formula is C48H56N10O4. The lowest BCUT2D eigenvalue weighted by molar-refractivity contribution is -0.125. The standard InChI is InChI=1S/C24H27N5O2.C23H25N5O2.CH4/c1-14(2)12-21(30)25-23-24-28-27-16(4)29(24)20-11-10-18(31-5)13-19(20)22(26-23)17-8-6-15(3)7-9-17;1-13(2)23(29)25-21-22-27-26-15(4)28(22)19-11-10-17(30-5)12-18(19)20(24-21)16-8-6-14(3)7-9-16;/h6-11,13-14,23H,12H2,1-5H3,(H,25,30);6-13,21H,1-5H3,(H,25,29);1H4/t23-;21-;/m10./s1. The highest BCUT2D eigenvalue weighted by Crippen LogP contribution is 2.34. The Labute approximate surface area is 363 Å². The van der Waals surface area contributed by atoms with Crippen molar-refractivity contribution in [3.8, 4) is 22.9 Å². The van der Waals surface area contributed by atoms with Gasteiger partial charge in [0.1, 0.15) is 23.1 Å². The van der Waals surface area contributed by atoms with Crippen molar-refractivity contribution in [2.75, 3.05) is 14.2 Å². The van der Waals surface area contributed by atoms with Crippen LogP contribution in [0.15, 0.2) is 94.9 Å². The number of amides is 2. The van der Waals surface area contributed by atoms with E-state index in [4.69, 9.17) is 19.5 Å². The Balaban J connectivity index is 0.000000204. The number of nitrogens with zero attached hydrogens (tertiary/aromatic N) is 8. The molecule has 2 atom stereocenters. The van der Waals surface area contributed by atoms with Gasteiger partial charge in [0.15, 0.2) is 24.0 Å². The summed E-state index contributed by atoms with van der Waals surface area (Å²) in [7, 11) is 3.29. The molecule has 2 N–H and O–H groups in total. The van der Waals surface area contributed by atoms with Gasteiger partial charge in [-0.3, -0.25) is 28.7 Å². The third kappa shape index (κ3) is 9.19. The number of aryl methyl sites for hydroxylation is 4. The third-order valence-electron chi connectivity index (χ3n) is 10.4. The molecule has 2 aromatic heterocycles. The monoisotopic (exact) mass is 836 g/mol. The van der Waals surface area contributed by atoms with E-state index >= 15 is 0 Å². The van der Waals surface area contributed by atoms with Gasteiger partial charge in [0.2, 0.25) is 11.8 Å². The second-order valence-corrected chi connectivity index (χ2v) is 16.0. The van der Waals surface area contributed by atoms with Crippen LogP contribution in [-0.2, 0) is 9.59 Å². The van der Waals surface area contributed by atoms with Gasteiger partial charge in [-0.15, -0.1) is 20.4 Å². The lowest BCUT2D eigenvalue weighted by Crippen LogP contribution is -2.32. The van der Waals surface area contributed by atoms with Crippen LogP contribution in [0.25, 0.3) is 11.4 Å². The lowest BCUT2D eigenvalue weighted by Gasteiger charge is -2.16. The number of hydrogen-bond acceptors (Lipinski definition) is 10.